The number of rotatable bonds is 7. The van der Waals surface area contributed by atoms with E-state index in [9.17, 15) is 9.59 Å². The molecule has 130 valence electrons. The molecule has 2 amide bonds. The zero-order valence-corrected chi connectivity index (χ0v) is 14.3. The summed E-state index contributed by atoms with van der Waals surface area (Å²) >= 11 is 0. The van der Waals surface area contributed by atoms with Gasteiger partial charge in [-0.1, -0.05) is 30.3 Å². The van der Waals surface area contributed by atoms with Gasteiger partial charge < -0.3 is 9.80 Å². The highest BCUT2D eigenvalue weighted by Crippen LogP contribution is 2.18. The van der Waals surface area contributed by atoms with Gasteiger partial charge in [-0.15, -0.1) is 0 Å². The molecular weight excluding hydrogens is 302 g/mol. The van der Waals surface area contributed by atoms with Crippen molar-refractivity contribution in [2.24, 2.45) is 0 Å². The molecule has 0 aliphatic carbocycles. The Morgan fingerprint density at radius 3 is 2.42 bits per heavy atom. The fraction of sp³-hybridized carbons (Fsp3) is 0.579. The fourth-order valence-electron chi connectivity index (χ4n) is 3.51. The third-order valence-corrected chi connectivity index (χ3v) is 5.18. The number of hydrogen-bond acceptors (Lipinski definition) is 3. The van der Waals surface area contributed by atoms with Crippen molar-refractivity contribution >= 4 is 12.3 Å². The summed E-state index contributed by atoms with van der Waals surface area (Å²) in [6.45, 7) is 5.21. The summed E-state index contributed by atoms with van der Waals surface area (Å²) in [4.78, 5) is 29.2. The smallest absolute Gasteiger partial charge is 0.222 e. The highest BCUT2D eigenvalue weighted by atomic mass is 16.2. The maximum absolute atomic E-state index is 12.2. The molecule has 24 heavy (non-hydrogen) atoms. The molecule has 0 saturated carbocycles. The second-order valence-corrected chi connectivity index (χ2v) is 6.82. The van der Waals surface area contributed by atoms with Crippen LogP contribution < -0.4 is 0 Å². The third kappa shape index (κ3) is 4.35. The van der Waals surface area contributed by atoms with E-state index in [0.717, 1.165) is 64.9 Å². The molecule has 1 aromatic carbocycles. The molecule has 0 unspecified atom stereocenters. The molecule has 2 aliphatic rings. The number of carbonyl (C=O) groups excluding carboxylic acids is 2. The van der Waals surface area contributed by atoms with E-state index in [1.165, 1.54) is 5.56 Å². The van der Waals surface area contributed by atoms with Crippen LogP contribution >= 0.6 is 0 Å². The normalized spacial score (nSPS) is 19.2. The Hall–Kier alpha value is -1.88. The fourth-order valence-corrected chi connectivity index (χ4v) is 3.51. The van der Waals surface area contributed by atoms with Crippen molar-refractivity contribution in [2.45, 2.75) is 31.7 Å². The Balaban J connectivity index is 1.29. The number of unbranched alkanes of at least 4 members (excludes halogenated alkanes) is 1. The average Bonchev–Trinajstić information content (AvgIpc) is 2.59. The maximum atomic E-state index is 12.2. The van der Waals surface area contributed by atoms with Gasteiger partial charge in [-0.3, -0.25) is 14.5 Å². The van der Waals surface area contributed by atoms with Crippen LogP contribution in [0.25, 0.3) is 0 Å². The molecule has 2 aliphatic heterocycles. The van der Waals surface area contributed by atoms with Crippen molar-refractivity contribution in [3.63, 3.8) is 0 Å². The number of benzene rings is 1. The van der Waals surface area contributed by atoms with Crippen molar-refractivity contribution in [2.75, 3.05) is 39.3 Å². The standard InChI is InChI=1S/C19H27N3O2/c23-16-20-10-12-21(13-11-20)18-14-22(15-18)19(24)9-5-4-8-17-6-2-1-3-7-17/h1-3,6-7,16,18H,4-5,8-15H2. The Labute approximate surface area is 144 Å². The van der Waals surface area contributed by atoms with Crippen molar-refractivity contribution in [1.29, 1.82) is 0 Å². The van der Waals surface area contributed by atoms with Crippen LogP contribution in [0.3, 0.4) is 0 Å². The topological polar surface area (TPSA) is 43.9 Å². The summed E-state index contributed by atoms with van der Waals surface area (Å²) in [5.41, 5.74) is 1.35. The quantitative estimate of drug-likeness (QED) is 0.561. The van der Waals surface area contributed by atoms with E-state index in [0.29, 0.717) is 18.4 Å². The van der Waals surface area contributed by atoms with Gasteiger partial charge in [0.2, 0.25) is 12.3 Å². The molecule has 2 heterocycles. The predicted molar refractivity (Wildman–Crippen MR) is 93.6 cm³/mol. The lowest BCUT2D eigenvalue weighted by Gasteiger charge is -2.47. The number of likely N-dealkylation sites (tertiary alicyclic amines) is 1. The molecule has 0 bridgehead atoms. The Morgan fingerprint density at radius 1 is 1.04 bits per heavy atom. The Kier molecular flexibility index (Phi) is 5.86. The van der Waals surface area contributed by atoms with Gasteiger partial charge in [-0.25, -0.2) is 0 Å². The van der Waals surface area contributed by atoms with Gasteiger partial charge in [0.1, 0.15) is 0 Å². The molecule has 1 aromatic rings. The van der Waals surface area contributed by atoms with E-state index < -0.39 is 0 Å². The van der Waals surface area contributed by atoms with Crippen molar-refractivity contribution in [1.82, 2.24) is 14.7 Å². The number of carbonyl (C=O) groups is 2. The van der Waals surface area contributed by atoms with Gasteiger partial charge in [-0.05, 0) is 24.8 Å². The zero-order chi connectivity index (χ0) is 16.8. The molecule has 0 radical (unpaired) electrons. The van der Waals surface area contributed by atoms with Crippen LogP contribution in [0.2, 0.25) is 0 Å². The number of nitrogens with zero attached hydrogens (tertiary/aromatic N) is 3. The van der Waals surface area contributed by atoms with Gasteiger partial charge >= 0.3 is 0 Å². The minimum absolute atomic E-state index is 0.297. The zero-order valence-electron chi connectivity index (χ0n) is 14.3. The minimum atomic E-state index is 0.297. The van der Waals surface area contributed by atoms with Crippen LogP contribution in [0.4, 0.5) is 0 Å². The first kappa shape index (κ1) is 17.0. The van der Waals surface area contributed by atoms with E-state index in [1.807, 2.05) is 15.9 Å². The van der Waals surface area contributed by atoms with Gasteiger partial charge in [0.05, 0.1) is 0 Å². The average molecular weight is 329 g/mol. The molecule has 5 heteroatoms. The predicted octanol–water partition coefficient (Wildman–Crippen LogP) is 1.38. The Bertz CT molecular complexity index is 535. The van der Waals surface area contributed by atoms with E-state index in [4.69, 9.17) is 0 Å². The molecule has 0 aromatic heterocycles. The van der Waals surface area contributed by atoms with Gasteiger partial charge in [0.25, 0.3) is 0 Å². The van der Waals surface area contributed by atoms with Gasteiger partial charge in [0, 0.05) is 51.7 Å². The van der Waals surface area contributed by atoms with Crippen molar-refractivity contribution < 1.29 is 9.59 Å². The van der Waals surface area contributed by atoms with Crippen LogP contribution in [-0.4, -0.2) is 72.3 Å². The highest BCUT2D eigenvalue weighted by molar-refractivity contribution is 5.77. The van der Waals surface area contributed by atoms with E-state index >= 15 is 0 Å². The summed E-state index contributed by atoms with van der Waals surface area (Å²) in [6, 6.07) is 10.9. The number of piperazine rings is 1. The lowest BCUT2D eigenvalue weighted by Crippen LogP contribution is -2.64. The number of hydrogen-bond donors (Lipinski definition) is 0. The first-order valence-corrected chi connectivity index (χ1v) is 9.01. The van der Waals surface area contributed by atoms with E-state index in [2.05, 4.69) is 29.2 Å². The van der Waals surface area contributed by atoms with E-state index in [1.54, 1.807) is 0 Å². The SMILES string of the molecule is O=CN1CCN(C2CN(C(=O)CCCCc3ccccc3)C2)CC1. The molecule has 2 saturated heterocycles. The van der Waals surface area contributed by atoms with Crippen LogP contribution in [0.5, 0.6) is 0 Å². The second kappa shape index (κ2) is 8.29. The highest BCUT2D eigenvalue weighted by Gasteiger charge is 2.35. The molecular formula is C19H27N3O2. The summed E-state index contributed by atoms with van der Waals surface area (Å²) < 4.78 is 0. The molecule has 2 fully saturated rings. The van der Waals surface area contributed by atoms with Crippen LogP contribution in [0.1, 0.15) is 24.8 Å². The van der Waals surface area contributed by atoms with Crippen LogP contribution in [0, 0.1) is 0 Å². The minimum Gasteiger partial charge on any atom is -0.343 e. The summed E-state index contributed by atoms with van der Waals surface area (Å²) in [6.07, 6.45) is 4.69. The van der Waals surface area contributed by atoms with Crippen molar-refractivity contribution in [3.8, 4) is 0 Å². The molecule has 3 rings (SSSR count). The maximum Gasteiger partial charge on any atom is 0.222 e. The lowest BCUT2D eigenvalue weighted by atomic mass is 10.0. The lowest BCUT2D eigenvalue weighted by molar-refractivity contribution is -0.139. The van der Waals surface area contributed by atoms with E-state index in [-0.39, 0.29) is 0 Å². The van der Waals surface area contributed by atoms with Crippen molar-refractivity contribution in [3.05, 3.63) is 35.9 Å². The first-order chi connectivity index (χ1) is 11.8. The third-order valence-electron chi connectivity index (χ3n) is 5.18. The largest absolute Gasteiger partial charge is 0.343 e. The number of aryl methyl sites for hydroxylation is 1. The second-order valence-electron chi connectivity index (χ2n) is 6.82. The monoisotopic (exact) mass is 329 g/mol. The summed E-state index contributed by atoms with van der Waals surface area (Å²) in [5, 5.41) is 0. The molecule has 0 atom stereocenters. The molecule has 0 spiro atoms. The summed E-state index contributed by atoms with van der Waals surface area (Å²) in [7, 11) is 0. The number of amides is 2. The molecule has 0 N–H and O–H groups in total. The molecule has 5 nitrogen and oxygen atoms in total. The van der Waals surface area contributed by atoms with Crippen LogP contribution in [0.15, 0.2) is 30.3 Å². The van der Waals surface area contributed by atoms with Gasteiger partial charge in [0.15, 0.2) is 0 Å². The Morgan fingerprint density at radius 2 is 1.75 bits per heavy atom. The summed E-state index contributed by atoms with van der Waals surface area (Å²) in [5.74, 6) is 0.297. The van der Waals surface area contributed by atoms with Crippen LogP contribution in [-0.2, 0) is 16.0 Å². The first-order valence-electron chi connectivity index (χ1n) is 9.01. The van der Waals surface area contributed by atoms with Gasteiger partial charge in [-0.2, -0.15) is 0 Å².